The van der Waals surface area contributed by atoms with Gasteiger partial charge >= 0.3 is 0 Å². The van der Waals surface area contributed by atoms with E-state index in [0.717, 1.165) is 6.54 Å². The molecular formula is C20H19NS2. The van der Waals surface area contributed by atoms with Gasteiger partial charge in [0.1, 0.15) is 0 Å². The van der Waals surface area contributed by atoms with Crippen LogP contribution < -0.4 is 5.32 Å². The summed E-state index contributed by atoms with van der Waals surface area (Å²) >= 11 is 3.60. The molecule has 0 atom stereocenters. The molecule has 0 heterocycles. The van der Waals surface area contributed by atoms with E-state index >= 15 is 0 Å². The van der Waals surface area contributed by atoms with Gasteiger partial charge in [0, 0.05) is 31.8 Å². The Morgan fingerprint density at radius 3 is 1.91 bits per heavy atom. The number of rotatable bonds is 6. The molecule has 0 aliphatic heterocycles. The fourth-order valence-electron chi connectivity index (χ4n) is 2.23. The molecule has 0 spiro atoms. The van der Waals surface area contributed by atoms with Crippen molar-refractivity contribution < 1.29 is 0 Å². The van der Waals surface area contributed by atoms with Crippen molar-refractivity contribution in [2.75, 3.05) is 11.9 Å². The molecule has 0 saturated carbocycles. The number of anilines is 1. The smallest absolute Gasteiger partial charge is 0.0482 e. The van der Waals surface area contributed by atoms with Crippen molar-refractivity contribution in [3.63, 3.8) is 0 Å². The van der Waals surface area contributed by atoms with Crippen molar-refractivity contribution >= 4 is 29.2 Å². The van der Waals surface area contributed by atoms with E-state index in [2.05, 4.69) is 91.1 Å². The van der Waals surface area contributed by atoms with Gasteiger partial charge in [-0.05, 0) is 49.4 Å². The van der Waals surface area contributed by atoms with Crippen LogP contribution in [-0.2, 0) is 0 Å². The Bertz CT molecular complexity index is 742. The van der Waals surface area contributed by atoms with Crippen molar-refractivity contribution in [3.05, 3.63) is 78.9 Å². The van der Waals surface area contributed by atoms with E-state index < -0.39 is 0 Å². The summed E-state index contributed by atoms with van der Waals surface area (Å²) in [6.07, 6.45) is 0. The fraction of sp³-hybridized carbons (Fsp3) is 0.100. The Kier molecular flexibility index (Phi) is 5.67. The van der Waals surface area contributed by atoms with E-state index in [1.54, 1.807) is 23.5 Å². The van der Waals surface area contributed by atoms with Crippen LogP contribution in [0.15, 0.2) is 98.4 Å². The Morgan fingerprint density at radius 2 is 1.30 bits per heavy atom. The van der Waals surface area contributed by atoms with Crippen LogP contribution in [0.25, 0.3) is 0 Å². The maximum Gasteiger partial charge on any atom is 0.0482 e. The average Bonchev–Trinajstić information content (AvgIpc) is 2.59. The van der Waals surface area contributed by atoms with Crippen molar-refractivity contribution in [2.24, 2.45) is 0 Å². The summed E-state index contributed by atoms with van der Waals surface area (Å²) in [5, 5.41) is 3.46. The van der Waals surface area contributed by atoms with Crippen molar-refractivity contribution in [2.45, 2.75) is 26.5 Å². The quantitative estimate of drug-likeness (QED) is 0.557. The third kappa shape index (κ3) is 4.57. The second-order valence-corrected chi connectivity index (χ2v) is 7.28. The summed E-state index contributed by atoms with van der Waals surface area (Å²) < 4.78 is 0. The zero-order chi connectivity index (χ0) is 15.9. The first-order valence-corrected chi connectivity index (χ1v) is 9.32. The van der Waals surface area contributed by atoms with E-state index in [1.807, 2.05) is 0 Å². The lowest BCUT2D eigenvalue weighted by Gasteiger charge is -2.12. The number of hydrogen-bond donors (Lipinski definition) is 1. The summed E-state index contributed by atoms with van der Waals surface area (Å²) in [5.41, 5.74) is 1.19. The lowest BCUT2D eigenvalue weighted by atomic mass is 10.3. The lowest BCUT2D eigenvalue weighted by molar-refractivity contribution is 1.17. The van der Waals surface area contributed by atoms with E-state index in [-0.39, 0.29) is 0 Å². The molecule has 3 aromatic rings. The van der Waals surface area contributed by atoms with Crippen LogP contribution in [0, 0.1) is 0 Å². The first-order chi connectivity index (χ1) is 11.3. The van der Waals surface area contributed by atoms with Gasteiger partial charge in [0.15, 0.2) is 0 Å². The molecule has 0 amide bonds. The average molecular weight is 338 g/mol. The number of hydrogen-bond acceptors (Lipinski definition) is 3. The predicted octanol–water partition coefficient (Wildman–Crippen LogP) is 6.42. The van der Waals surface area contributed by atoms with Crippen molar-refractivity contribution in [1.29, 1.82) is 0 Å². The molecule has 0 aromatic heterocycles. The van der Waals surface area contributed by atoms with Gasteiger partial charge in [-0.2, -0.15) is 0 Å². The largest absolute Gasteiger partial charge is 0.384 e. The van der Waals surface area contributed by atoms with Crippen LogP contribution in [0.2, 0.25) is 0 Å². The van der Waals surface area contributed by atoms with Crippen LogP contribution in [0.3, 0.4) is 0 Å². The van der Waals surface area contributed by atoms with Crippen molar-refractivity contribution in [3.8, 4) is 0 Å². The van der Waals surface area contributed by atoms with Crippen molar-refractivity contribution in [1.82, 2.24) is 0 Å². The van der Waals surface area contributed by atoms with Gasteiger partial charge in [-0.3, -0.25) is 0 Å². The second-order valence-electron chi connectivity index (χ2n) is 5.02. The SMILES string of the molecule is CCNc1ccc(Sc2ccccc2)cc1Sc1ccccc1. The molecule has 116 valence electrons. The molecule has 1 N–H and O–H groups in total. The van der Waals surface area contributed by atoms with E-state index in [4.69, 9.17) is 0 Å². The van der Waals surface area contributed by atoms with Gasteiger partial charge < -0.3 is 5.32 Å². The van der Waals surface area contributed by atoms with Crippen LogP contribution in [0.4, 0.5) is 5.69 Å². The molecule has 0 bridgehead atoms. The van der Waals surface area contributed by atoms with Crippen LogP contribution in [0.5, 0.6) is 0 Å². The highest BCUT2D eigenvalue weighted by molar-refractivity contribution is 8.00. The van der Waals surface area contributed by atoms with E-state index in [9.17, 15) is 0 Å². The van der Waals surface area contributed by atoms with E-state index in [1.165, 1.54) is 25.3 Å². The molecule has 23 heavy (non-hydrogen) atoms. The molecule has 0 aliphatic rings. The Balaban J connectivity index is 1.86. The van der Waals surface area contributed by atoms with Gasteiger partial charge in [0.25, 0.3) is 0 Å². The third-order valence-corrected chi connectivity index (χ3v) is 5.33. The number of nitrogens with one attached hydrogen (secondary N) is 1. The third-order valence-electron chi connectivity index (χ3n) is 3.27. The summed E-state index contributed by atoms with van der Waals surface area (Å²) in [6.45, 7) is 3.05. The summed E-state index contributed by atoms with van der Waals surface area (Å²) in [6, 6.07) is 27.7. The minimum Gasteiger partial charge on any atom is -0.384 e. The fourth-order valence-corrected chi connectivity index (χ4v) is 4.16. The van der Waals surface area contributed by atoms with Gasteiger partial charge in [0.05, 0.1) is 0 Å². The molecule has 0 fully saturated rings. The zero-order valence-corrected chi connectivity index (χ0v) is 14.7. The van der Waals surface area contributed by atoms with Gasteiger partial charge in [-0.1, -0.05) is 59.9 Å². The maximum atomic E-state index is 3.46. The van der Waals surface area contributed by atoms with Gasteiger partial charge in [-0.15, -0.1) is 0 Å². The first-order valence-electron chi connectivity index (χ1n) is 7.69. The molecule has 0 radical (unpaired) electrons. The van der Waals surface area contributed by atoms with Gasteiger partial charge in [0.2, 0.25) is 0 Å². The standard InChI is InChI=1S/C20H19NS2/c1-2-21-19-14-13-18(22-16-9-5-3-6-10-16)15-20(19)23-17-11-7-4-8-12-17/h3-15,21H,2H2,1H3. The zero-order valence-electron chi connectivity index (χ0n) is 13.0. The second kappa shape index (κ2) is 8.14. The molecule has 1 nitrogen and oxygen atoms in total. The minimum atomic E-state index is 0.924. The van der Waals surface area contributed by atoms with Crippen LogP contribution in [0.1, 0.15) is 6.92 Å². The summed E-state index contributed by atoms with van der Waals surface area (Å²) in [5.74, 6) is 0. The molecular weight excluding hydrogens is 318 g/mol. The first kappa shape index (κ1) is 16.0. The highest BCUT2D eigenvalue weighted by atomic mass is 32.2. The van der Waals surface area contributed by atoms with Gasteiger partial charge in [-0.25, -0.2) is 0 Å². The van der Waals surface area contributed by atoms with Crippen LogP contribution >= 0.6 is 23.5 Å². The Labute approximate surface area is 146 Å². The molecule has 3 aromatic carbocycles. The molecule has 3 rings (SSSR count). The number of benzene rings is 3. The summed E-state index contributed by atoms with van der Waals surface area (Å²) in [4.78, 5) is 5.04. The monoisotopic (exact) mass is 337 g/mol. The predicted molar refractivity (Wildman–Crippen MR) is 102 cm³/mol. The topological polar surface area (TPSA) is 12.0 Å². The normalized spacial score (nSPS) is 10.5. The highest BCUT2D eigenvalue weighted by Gasteiger charge is 2.07. The summed E-state index contributed by atoms with van der Waals surface area (Å²) in [7, 11) is 0. The highest BCUT2D eigenvalue weighted by Crippen LogP contribution is 2.38. The molecule has 0 unspecified atom stereocenters. The van der Waals surface area contributed by atoms with E-state index in [0.29, 0.717) is 0 Å². The Hall–Kier alpha value is -1.84. The molecule has 0 aliphatic carbocycles. The Morgan fingerprint density at radius 1 is 0.696 bits per heavy atom. The molecule has 0 saturated heterocycles. The minimum absolute atomic E-state index is 0.924. The van der Waals surface area contributed by atoms with Crippen LogP contribution in [-0.4, -0.2) is 6.54 Å². The maximum absolute atomic E-state index is 3.46. The molecule has 3 heteroatoms. The lowest BCUT2D eigenvalue weighted by Crippen LogP contribution is -1.98.